The Morgan fingerprint density at radius 1 is 1.11 bits per heavy atom. The first-order valence-electron chi connectivity index (χ1n) is 11.4. The predicted octanol–water partition coefficient (Wildman–Crippen LogP) is 1.64. The number of hydrazone groups is 1. The minimum absolute atomic E-state index is 0.0317. The van der Waals surface area contributed by atoms with E-state index in [2.05, 4.69) is 49.9 Å². The second-order valence-electron chi connectivity index (χ2n) is 7.69. The highest BCUT2D eigenvalue weighted by atomic mass is 16.6. The van der Waals surface area contributed by atoms with Crippen LogP contribution in [0.4, 0.5) is 5.82 Å². The zero-order chi connectivity index (χ0) is 26.1. The predicted molar refractivity (Wildman–Crippen MR) is 131 cm³/mol. The van der Waals surface area contributed by atoms with Gasteiger partial charge in [-0.3, -0.25) is 9.69 Å². The second kappa shape index (κ2) is 12.5. The highest BCUT2D eigenvalue weighted by Gasteiger charge is 2.25. The number of nitrogens with one attached hydrogen (secondary N) is 1. The van der Waals surface area contributed by atoms with Gasteiger partial charge in [0.25, 0.3) is 5.91 Å². The second-order valence-corrected chi connectivity index (χ2v) is 7.69. The molecule has 1 aromatic carbocycles. The van der Waals surface area contributed by atoms with Crippen LogP contribution in [-0.4, -0.2) is 76.7 Å². The van der Waals surface area contributed by atoms with Crippen molar-refractivity contribution in [3.8, 4) is 23.1 Å². The van der Waals surface area contributed by atoms with Gasteiger partial charge in [-0.05, 0) is 42.3 Å². The molecule has 2 heterocycles. The lowest BCUT2D eigenvalue weighted by atomic mass is 10.2. The Hall–Kier alpha value is -4.20. The summed E-state index contributed by atoms with van der Waals surface area (Å²) < 4.78 is 22.1. The Morgan fingerprint density at radius 2 is 1.78 bits per heavy atom. The number of ether oxygens (including phenoxy) is 3. The molecule has 0 unspecified atom stereocenters. The van der Waals surface area contributed by atoms with Gasteiger partial charge in [-0.25, -0.2) is 10.1 Å². The molecule has 14 heteroatoms. The van der Waals surface area contributed by atoms with E-state index in [0.717, 1.165) is 25.9 Å². The number of hydrogen-bond donors (Lipinski definition) is 2. The van der Waals surface area contributed by atoms with Crippen LogP contribution in [0.15, 0.2) is 21.9 Å². The van der Waals surface area contributed by atoms with E-state index in [0.29, 0.717) is 35.1 Å². The molecule has 3 aromatic rings. The van der Waals surface area contributed by atoms with Crippen LogP contribution in [0.2, 0.25) is 0 Å². The van der Waals surface area contributed by atoms with Crippen molar-refractivity contribution in [2.75, 3.05) is 40.2 Å². The van der Waals surface area contributed by atoms with E-state index < -0.39 is 5.91 Å². The maximum Gasteiger partial charge on any atom is 0.293 e. The summed E-state index contributed by atoms with van der Waals surface area (Å²) in [5, 5.41) is 19.6. The van der Waals surface area contributed by atoms with E-state index in [-0.39, 0.29) is 17.3 Å². The zero-order valence-electron chi connectivity index (χ0n) is 21.0. The van der Waals surface area contributed by atoms with Crippen molar-refractivity contribution < 1.29 is 23.6 Å². The minimum atomic E-state index is -0.560. The zero-order valence-corrected chi connectivity index (χ0v) is 21.0. The molecule has 194 valence electrons. The third-order valence-electron chi connectivity index (χ3n) is 5.23. The van der Waals surface area contributed by atoms with Crippen LogP contribution >= 0.6 is 0 Å². The summed E-state index contributed by atoms with van der Waals surface area (Å²) in [7, 11) is 4.57. The molecule has 0 spiro atoms. The van der Waals surface area contributed by atoms with E-state index in [1.807, 2.05) is 0 Å². The van der Waals surface area contributed by atoms with Gasteiger partial charge >= 0.3 is 0 Å². The van der Waals surface area contributed by atoms with Crippen LogP contribution in [-0.2, 0) is 6.54 Å². The van der Waals surface area contributed by atoms with Crippen LogP contribution in [0.3, 0.4) is 0 Å². The fraction of sp³-hybridized carbons (Fsp3) is 0.455. The summed E-state index contributed by atoms with van der Waals surface area (Å²) in [5.41, 5.74) is 9.48. The SMILES string of the molecule is CCCN(CCC)Cc1c(C(=O)N/N=C\c2cc(OC)c(OC)cc2OC)nnn1-c1nonc1N. The summed E-state index contributed by atoms with van der Waals surface area (Å²) in [6.07, 6.45) is 3.31. The van der Waals surface area contributed by atoms with E-state index in [9.17, 15) is 4.79 Å². The van der Waals surface area contributed by atoms with Gasteiger partial charge in [0.2, 0.25) is 11.6 Å². The van der Waals surface area contributed by atoms with Crippen LogP contribution in [0.5, 0.6) is 17.2 Å². The molecule has 3 rings (SSSR count). The van der Waals surface area contributed by atoms with Gasteiger partial charge in [0, 0.05) is 18.2 Å². The van der Waals surface area contributed by atoms with E-state index in [1.54, 1.807) is 12.1 Å². The molecule has 0 aliphatic carbocycles. The van der Waals surface area contributed by atoms with Gasteiger partial charge in [0.15, 0.2) is 17.2 Å². The molecule has 1 amide bonds. The van der Waals surface area contributed by atoms with Gasteiger partial charge in [0.1, 0.15) is 5.75 Å². The number of methoxy groups -OCH3 is 3. The largest absolute Gasteiger partial charge is 0.496 e. The van der Waals surface area contributed by atoms with Crippen LogP contribution < -0.4 is 25.4 Å². The van der Waals surface area contributed by atoms with Crippen molar-refractivity contribution in [2.24, 2.45) is 5.10 Å². The number of carbonyl (C=O) groups excluding carboxylic acids is 1. The molecular weight excluding hydrogens is 470 g/mol. The minimum Gasteiger partial charge on any atom is -0.496 e. The Morgan fingerprint density at radius 3 is 2.36 bits per heavy atom. The molecule has 14 nitrogen and oxygen atoms in total. The Balaban J connectivity index is 1.89. The van der Waals surface area contributed by atoms with Crippen molar-refractivity contribution in [3.05, 3.63) is 29.1 Å². The Labute approximate surface area is 208 Å². The summed E-state index contributed by atoms with van der Waals surface area (Å²) in [4.78, 5) is 15.3. The summed E-state index contributed by atoms with van der Waals surface area (Å²) in [6, 6.07) is 3.35. The molecule has 0 saturated heterocycles. The summed E-state index contributed by atoms with van der Waals surface area (Å²) in [6.45, 7) is 6.20. The van der Waals surface area contributed by atoms with E-state index in [4.69, 9.17) is 24.6 Å². The molecule has 0 bridgehead atoms. The third-order valence-corrected chi connectivity index (χ3v) is 5.23. The van der Waals surface area contributed by atoms with Crippen molar-refractivity contribution in [3.63, 3.8) is 0 Å². The molecule has 3 N–H and O–H groups in total. The van der Waals surface area contributed by atoms with Crippen LogP contribution in [0.25, 0.3) is 5.82 Å². The topological polar surface area (TPSA) is 168 Å². The monoisotopic (exact) mass is 501 g/mol. The third kappa shape index (κ3) is 5.89. The first-order valence-corrected chi connectivity index (χ1v) is 11.4. The van der Waals surface area contributed by atoms with E-state index >= 15 is 0 Å². The summed E-state index contributed by atoms with van der Waals surface area (Å²) >= 11 is 0. The van der Waals surface area contributed by atoms with Gasteiger partial charge in [-0.2, -0.15) is 9.78 Å². The lowest BCUT2D eigenvalue weighted by Crippen LogP contribution is -2.28. The highest BCUT2D eigenvalue weighted by molar-refractivity contribution is 5.94. The smallest absolute Gasteiger partial charge is 0.293 e. The van der Waals surface area contributed by atoms with Gasteiger partial charge < -0.3 is 19.9 Å². The maximum absolute atomic E-state index is 13.1. The fourth-order valence-electron chi connectivity index (χ4n) is 3.61. The number of nitrogens with zero attached hydrogens (tertiary/aromatic N) is 7. The average molecular weight is 502 g/mol. The van der Waals surface area contributed by atoms with Crippen molar-refractivity contribution in [1.82, 2.24) is 35.6 Å². The number of amides is 1. The Bertz CT molecular complexity index is 1180. The van der Waals surface area contributed by atoms with Gasteiger partial charge in [-0.15, -0.1) is 5.10 Å². The number of benzene rings is 1. The lowest BCUT2D eigenvalue weighted by Gasteiger charge is -2.21. The summed E-state index contributed by atoms with van der Waals surface area (Å²) in [5.74, 6) is 1.10. The quantitative estimate of drug-likeness (QED) is 0.258. The van der Waals surface area contributed by atoms with Crippen molar-refractivity contribution >= 4 is 17.9 Å². The molecule has 0 aliphatic heterocycles. The molecule has 2 aromatic heterocycles. The molecule has 0 aliphatic rings. The first kappa shape index (κ1) is 26.4. The molecule has 0 saturated carbocycles. The van der Waals surface area contributed by atoms with Crippen molar-refractivity contribution in [1.29, 1.82) is 0 Å². The first-order chi connectivity index (χ1) is 17.5. The van der Waals surface area contributed by atoms with Crippen LogP contribution in [0, 0.1) is 0 Å². The lowest BCUT2D eigenvalue weighted by molar-refractivity contribution is 0.0947. The van der Waals surface area contributed by atoms with E-state index in [1.165, 1.54) is 32.2 Å². The number of aromatic nitrogens is 5. The van der Waals surface area contributed by atoms with Gasteiger partial charge in [-0.1, -0.05) is 19.1 Å². The number of hydrogen-bond acceptors (Lipinski definition) is 12. The average Bonchev–Trinajstić information content (AvgIpc) is 3.49. The maximum atomic E-state index is 13.1. The standard InChI is InChI=1S/C22H31N9O5/c1-6-8-30(9-7-2)13-15-19(25-29-31(15)21-20(23)27-36-28-21)22(32)26-24-12-14-10-17(34-4)18(35-5)11-16(14)33-3/h10-12H,6-9,13H2,1-5H3,(H2,23,27)(H,26,32)/b24-12-. The molecular formula is C22H31N9O5. The Kier molecular flexibility index (Phi) is 9.16. The highest BCUT2D eigenvalue weighted by Crippen LogP contribution is 2.33. The number of carbonyl (C=O) groups is 1. The molecule has 0 fully saturated rings. The molecule has 36 heavy (non-hydrogen) atoms. The van der Waals surface area contributed by atoms with Gasteiger partial charge in [0.05, 0.1) is 33.2 Å². The number of anilines is 1. The fourth-order valence-corrected chi connectivity index (χ4v) is 3.61. The molecule has 0 atom stereocenters. The normalized spacial score (nSPS) is 11.3. The number of nitrogen functional groups attached to an aromatic ring is 1. The number of nitrogens with two attached hydrogens (primary N) is 1. The van der Waals surface area contributed by atoms with Crippen molar-refractivity contribution in [2.45, 2.75) is 33.2 Å². The number of rotatable bonds is 13. The molecule has 0 radical (unpaired) electrons. The van der Waals surface area contributed by atoms with Crippen LogP contribution in [0.1, 0.15) is 48.4 Å².